The number of rotatable bonds is 4. The third-order valence-corrected chi connectivity index (χ3v) is 5.55. The lowest BCUT2D eigenvalue weighted by Gasteiger charge is -2.31. The van der Waals surface area contributed by atoms with Crippen LogP contribution in [-0.2, 0) is 4.79 Å². The van der Waals surface area contributed by atoms with E-state index < -0.39 is 0 Å². The number of aryl methyl sites for hydroxylation is 1. The predicted molar refractivity (Wildman–Crippen MR) is 100 cm³/mol. The number of piperidine rings is 1. The van der Waals surface area contributed by atoms with Gasteiger partial charge in [-0.2, -0.15) is 0 Å². The number of benzene rings is 1. The first kappa shape index (κ1) is 17.0. The maximum absolute atomic E-state index is 12.4. The number of amides is 1. The SMILES string of the molecule is Cc1nnc(SCC(=O)N2CCC(c3cc4ccccc4cn3)CC2)o1. The Morgan fingerprint density at radius 1 is 1.23 bits per heavy atom. The van der Waals surface area contributed by atoms with Crippen molar-refractivity contribution in [2.75, 3.05) is 18.8 Å². The average Bonchev–Trinajstić information content (AvgIpc) is 3.11. The van der Waals surface area contributed by atoms with Crippen LogP contribution in [0.15, 0.2) is 46.2 Å². The number of pyridine rings is 1. The third kappa shape index (κ3) is 3.72. The van der Waals surface area contributed by atoms with Crippen molar-refractivity contribution in [3.05, 3.63) is 48.1 Å². The van der Waals surface area contributed by atoms with Gasteiger partial charge in [-0.25, -0.2) is 0 Å². The van der Waals surface area contributed by atoms with Gasteiger partial charge in [0.05, 0.1) is 5.75 Å². The van der Waals surface area contributed by atoms with Gasteiger partial charge < -0.3 is 9.32 Å². The number of hydrogen-bond acceptors (Lipinski definition) is 6. The molecule has 1 aliphatic rings. The van der Waals surface area contributed by atoms with Crippen molar-refractivity contribution < 1.29 is 9.21 Å². The fourth-order valence-corrected chi connectivity index (χ4v) is 4.01. The Bertz CT molecular complexity index is 919. The first-order chi connectivity index (χ1) is 12.7. The lowest BCUT2D eigenvalue weighted by atomic mass is 9.92. The molecule has 1 saturated heterocycles. The van der Waals surface area contributed by atoms with Gasteiger partial charge in [0.15, 0.2) is 0 Å². The van der Waals surface area contributed by atoms with Gasteiger partial charge in [-0.15, -0.1) is 10.2 Å². The molecule has 0 N–H and O–H groups in total. The molecule has 0 saturated carbocycles. The van der Waals surface area contributed by atoms with E-state index in [-0.39, 0.29) is 5.91 Å². The van der Waals surface area contributed by atoms with Gasteiger partial charge >= 0.3 is 0 Å². The summed E-state index contributed by atoms with van der Waals surface area (Å²) in [7, 11) is 0. The number of aromatic nitrogens is 3. The Labute approximate surface area is 156 Å². The molecule has 4 rings (SSSR count). The normalized spacial score (nSPS) is 15.5. The zero-order valence-corrected chi connectivity index (χ0v) is 15.4. The Morgan fingerprint density at radius 3 is 2.73 bits per heavy atom. The van der Waals surface area contributed by atoms with Crippen LogP contribution >= 0.6 is 11.8 Å². The second-order valence-electron chi connectivity index (χ2n) is 6.49. The molecule has 0 unspecified atom stereocenters. The molecule has 0 bridgehead atoms. The molecular formula is C19H20N4O2S. The van der Waals surface area contributed by atoms with Gasteiger partial charge in [-0.1, -0.05) is 36.0 Å². The topological polar surface area (TPSA) is 72.1 Å². The summed E-state index contributed by atoms with van der Waals surface area (Å²) in [6.45, 7) is 3.27. The van der Waals surface area contributed by atoms with Crippen LogP contribution in [-0.4, -0.2) is 44.8 Å². The lowest BCUT2D eigenvalue weighted by molar-refractivity contribution is -0.129. The van der Waals surface area contributed by atoms with Gasteiger partial charge in [0.1, 0.15) is 0 Å². The van der Waals surface area contributed by atoms with Crippen LogP contribution in [0.25, 0.3) is 10.8 Å². The fourth-order valence-electron chi connectivity index (χ4n) is 3.30. The number of nitrogens with zero attached hydrogens (tertiary/aromatic N) is 4. The Balaban J connectivity index is 1.33. The molecule has 6 nitrogen and oxygen atoms in total. The molecule has 26 heavy (non-hydrogen) atoms. The molecule has 1 amide bonds. The van der Waals surface area contributed by atoms with Crippen LogP contribution in [0.5, 0.6) is 0 Å². The summed E-state index contributed by atoms with van der Waals surface area (Å²) < 4.78 is 5.29. The Kier molecular flexibility index (Phi) is 4.88. The summed E-state index contributed by atoms with van der Waals surface area (Å²) in [5, 5.41) is 10.5. The van der Waals surface area contributed by atoms with Crippen molar-refractivity contribution >= 4 is 28.4 Å². The molecule has 1 fully saturated rings. The largest absolute Gasteiger partial charge is 0.416 e. The maximum atomic E-state index is 12.4. The lowest BCUT2D eigenvalue weighted by Crippen LogP contribution is -2.39. The fraction of sp³-hybridized carbons (Fsp3) is 0.368. The number of hydrogen-bond donors (Lipinski definition) is 0. The van der Waals surface area contributed by atoms with E-state index in [0.717, 1.165) is 37.0 Å². The molecule has 0 spiro atoms. The second kappa shape index (κ2) is 7.45. The summed E-state index contributed by atoms with van der Waals surface area (Å²) in [5.74, 6) is 1.38. The van der Waals surface area contributed by atoms with E-state index in [2.05, 4.69) is 39.4 Å². The molecule has 0 atom stereocenters. The predicted octanol–water partition coefficient (Wildman–Crippen LogP) is 3.42. The van der Waals surface area contributed by atoms with Crippen molar-refractivity contribution in [3.8, 4) is 0 Å². The number of likely N-dealkylation sites (tertiary alicyclic amines) is 1. The van der Waals surface area contributed by atoms with E-state index in [1.807, 2.05) is 17.2 Å². The van der Waals surface area contributed by atoms with Crippen LogP contribution in [0.4, 0.5) is 0 Å². The standard InChI is InChI=1S/C19H20N4O2S/c1-13-21-22-19(25-13)26-12-18(24)23-8-6-14(7-9-23)17-10-15-4-2-3-5-16(15)11-20-17/h2-5,10-11,14H,6-9,12H2,1H3. The van der Waals surface area contributed by atoms with E-state index >= 15 is 0 Å². The van der Waals surface area contributed by atoms with Gasteiger partial charge in [-0.05, 0) is 24.3 Å². The van der Waals surface area contributed by atoms with Gasteiger partial charge in [0.25, 0.3) is 5.22 Å². The molecule has 3 heterocycles. The molecule has 1 aromatic carbocycles. The highest BCUT2D eigenvalue weighted by atomic mass is 32.2. The quantitative estimate of drug-likeness (QED) is 0.657. The van der Waals surface area contributed by atoms with E-state index in [9.17, 15) is 4.79 Å². The maximum Gasteiger partial charge on any atom is 0.277 e. The molecule has 0 aliphatic carbocycles. The molecule has 7 heteroatoms. The highest BCUT2D eigenvalue weighted by molar-refractivity contribution is 7.99. The molecule has 3 aromatic rings. The number of fused-ring (bicyclic) bond motifs is 1. The molecule has 1 aliphatic heterocycles. The second-order valence-corrected chi connectivity index (χ2v) is 7.41. The van der Waals surface area contributed by atoms with Gasteiger partial charge in [0, 0.05) is 43.2 Å². The first-order valence-corrected chi connectivity index (χ1v) is 9.73. The van der Waals surface area contributed by atoms with Crippen LogP contribution < -0.4 is 0 Å². The smallest absolute Gasteiger partial charge is 0.277 e. The van der Waals surface area contributed by atoms with E-state index in [1.165, 1.54) is 17.1 Å². The van der Waals surface area contributed by atoms with Crippen molar-refractivity contribution in [2.24, 2.45) is 0 Å². The summed E-state index contributed by atoms with van der Waals surface area (Å²) >= 11 is 1.30. The monoisotopic (exact) mass is 368 g/mol. The van der Waals surface area contributed by atoms with E-state index in [1.54, 1.807) is 6.92 Å². The first-order valence-electron chi connectivity index (χ1n) is 8.74. The van der Waals surface area contributed by atoms with E-state index in [4.69, 9.17) is 4.42 Å². The van der Waals surface area contributed by atoms with Gasteiger partial charge in [-0.3, -0.25) is 9.78 Å². The number of thioether (sulfide) groups is 1. The van der Waals surface area contributed by atoms with Crippen LogP contribution in [0.2, 0.25) is 0 Å². The van der Waals surface area contributed by atoms with Crippen molar-refractivity contribution in [2.45, 2.75) is 30.9 Å². The molecule has 0 radical (unpaired) electrons. The van der Waals surface area contributed by atoms with Crippen molar-refractivity contribution in [1.29, 1.82) is 0 Å². The van der Waals surface area contributed by atoms with Crippen LogP contribution in [0.1, 0.15) is 30.3 Å². The molecule has 134 valence electrons. The minimum Gasteiger partial charge on any atom is -0.416 e. The highest BCUT2D eigenvalue weighted by Gasteiger charge is 2.25. The third-order valence-electron chi connectivity index (χ3n) is 4.74. The minimum atomic E-state index is 0.121. The molecule has 2 aromatic heterocycles. The zero-order valence-electron chi connectivity index (χ0n) is 14.6. The summed E-state index contributed by atoms with van der Waals surface area (Å²) in [4.78, 5) is 19.0. The Hall–Kier alpha value is -2.41. The van der Waals surface area contributed by atoms with Crippen LogP contribution in [0.3, 0.4) is 0 Å². The van der Waals surface area contributed by atoms with E-state index in [0.29, 0.717) is 22.8 Å². The summed E-state index contributed by atoms with van der Waals surface area (Å²) in [6, 6.07) is 10.5. The number of carbonyl (C=O) groups is 1. The van der Waals surface area contributed by atoms with Crippen molar-refractivity contribution in [3.63, 3.8) is 0 Å². The minimum absolute atomic E-state index is 0.121. The van der Waals surface area contributed by atoms with Crippen LogP contribution in [0, 0.1) is 6.92 Å². The summed E-state index contributed by atoms with van der Waals surface area (Å²) in [6.07, 6.45) is 3.84. The van der Waals surface area contributed by atoms with Gasteiger partial charge in [0.2, 0.25) is 11.8 Å². The highest BCUT2D eigenvalue weighted by Crippen LogP contribution is 2.29. The zero-order chi connectivity index (χ0) is 17.9. The number of carbonyl (C=O) groups excluding carboxylic acids is 1. The average molecular weight is 368 g/mol. The van der Waals surface area contributed by atoms with Crippen molar-refractivity contribution in [1.82, 2.24) is 20.1 Å². The Morgan fingerprint density at radius 2 is 2.00 bits per heavy atom. The summed E-state index contributed by atoms with van der Waals surface area (Å²) in [5.41, 5.74) is 1.13. The molecular weight excluding hydrogens is 348 g/mol.